The summed E-state index contributed by atoms with van der Waals surface area (Å²) in [5.74, 6) is -1.33. The lowest BCUT2D eigenvalue weighted by molar-refractivity contribution is -0.141. The van der Waals surface area contributed by atoms with Gasteiger partial charge < -0.3 is 5.32 Å². The van der Waals surface area contributed by atoms with E-state index in [9.17, 15) is 22.4 Å². The van der Waals surface area contributed by atoms with Crippen molar-refractivity contribution in [2.24, 2.45) is 0 Å². The van der Waals surface area contributed by atoms with Crippen molar-refractivity contribution in [3.8, 4) is 0 Å². The number of rotatable bonds is 4. The quantitative estimate of drug-likeness (QED) is 0.486. The van der Waals surface area contributed by atoms with Gasteiger partial charge in [0.2, 0.25) is 5.91 Å². The average Bonchev–Trinajstić information content (AvgIpc) is 2.49. The summed E-state index contributed by atoms with van der Waals surface area (Å²) in [5.41, 5.74) is -1.18. The third-order valence-electron chi connectivity index (χ3n) is 2.76. The molecule has 1 aromatic heterocycles. The number of anilines is 1. The Kier molecular flexibility index (Phi) is 5.66. The van der Waals surface area contributed by atoms with Crippen LogP contribution in [0.3, 0.4) is 0 Å². The monoisotopic (exact) mass is 379 g/mol. The van der Waals surface area contributed by atoms with Crippen molar-refractivity contribution in [2.45, 2.75) is 23.5 Å². The van der Waals surface area contributed by atoms with Crippen molar-refractivity contribution in [2.75, 3.05) is 5.32 Å². The summed E-state index contributed by atoms with van der Waals surface area (Å²) in [5, 5.41) is 1.45. The molecule has 1 amide bonds. The fourth-order valence-electron chi connectivity index (χ4n) is 1.59. The molecule has 0 aliphatic carbocycles. The van der Waals surface area contributed by atoms with Crippen LogP contribution in [0, 0.1) is 5.82 Å². The number of benzene rings is 1. The van der Waals surface area contributed by atoms with Gasteiger partial charge in [-0.2, -0.15) is 13.2 Å². The van der Waals surface area contributed by atoms with Gasteiger partial charge in [-0.25, -0.2) is 14.4 Å². The van der Waals surface area contributed by atoms with Crippen LogP contribution >= 0.6 is 23.4 Å². The molecule has 0 aliphatic heterocycles. The van der Waals surface area contributed by atoms with Gasteiger partial charge in [-0.05, 0) is 31.2 Å². The summed E-state index contributed by atoms with van der Waals surface area (Å²) in [7, 11) is 0. The molecule has 2 aromatic rings. The first-order chi connectivity index (χ1) is 11.2. The number of thioether (sulfide) groups is 1. The molecule has 0 saturated carbocycles. The van der Waals surface area contributed by atoms with E-state index >= 15 is 0 Å². The van der Waals surface area contributed by atoms with Crippen molar-refractivity contribution < 1.29 is 22.4 Å². The predicted octanol–water partition coefficient (Wildman–Crippen LogP) is 4.41. The maximum Gasteiger partial charge on any atom is 0.433 e. The molecule has 0 saturated heterocycles. The molecule has 2 rings (SSSR count). The van der Waals surface area contributed by atoms with Crippen molar-refractivity contribution >= 4 is 35.0 Å². The van der Waals surface area contributed by atoms with Crippen molar-refractivity contribution in [3.63, 3.8) is 0 Å². The Balaban J connectivity index is 2.06. The second-order valence-electron chi connectivity index (χ2n) is 4.60. The van der Waals surface area contributed by atoms with E-state index in [0.717, 1.165) is 30.1 Å². The SMILES string of the molecule is CC(Sc1nccc(C(F)(F)F)n1)C(=O)Nc1ccc(Cl)cc1F. The van der Waals surface area contributed by atoms with Gasteiger partial charge in [0.15, 0.2) is 5.16 Å². The minimum Gasteiger partial charge on any atom is -0.323 e. The van der Waals surface area contributed by atoms with E-state index in [-0.39, 0.29) is 15.9 Å². The number of hydrogen-bond donors (Lipinski definition) is 1. The third-order valence-corrected chi connectivity index (χ3v) is 3.97. The molecule has 4 nitrogen and oxygen atoms in total. The molecule has 24 heavy (non-hydrogen) atoms. The van der Waals surface area contributed by atoms with Gasteiger partial charge in [-0.15, -0.1) is 0 Å². The first-order valence-corrected chi connectivity index (χ1v) is 7.75. The van der Waals surface area contributed by atoms with Crippen LogP contribution in [0.4, 0.5) is 23.2 Å². The topological polar surface area (TPSA) is 54.9 Å². The van der Waals surface area contributed by atoms with E-state index in [2.05, 4.69) is 15.3 Å². The molecule has 0 spiro atoms. The molecule has 0 aliphatic rings. The van der Waals surface area contributed by atoms with Gasteiger partial charge in [0.25, 0.3) is 0 Å². The molecule has 128 valence electrons. The number of nitrogens with one attached hydrogen (secondary N) is 1. The Hall–Kier alpha value is -1.87. The van der Waals surface area contributed by atoms with Crippen LogP contribution in [0.2, 0.25) is 5.02 Å². The van der Waals surface area contributed by atoms with Crippen molar-refractivity contribution in [3.05, 3.63) is 47.0 Å². The van der Waals surface area contributed by atoms with E-state index in [1.165, 1.54) is 19.1 Å². The molecule has 10 heteroatoms. The van der Waals surface area contributed by atoms with Gasteiger partial charge in [0.05, 0.1) is 10.9 Å². The number of alkyl halides is 3. The fraction of sp³-hybridized carbons (Fsp3) is 0.214. The highest BCUT2D eigenvalue weighted by atomic mass is 35.5. The Morgan fingerprint density at radius 3 is 2.67 bits per heavy atom. The maximum absolute atomic E-state index is 13.6. The summed E-state index contributed by atoms with van der Waals surface area (Å²) < 4.78 is 51.4. The molecule has 1 aromatic carbocycles. The molecule has 1 atom stereocenters. The third kappa shape index (κ3) is 4.81. The summed E-state index contributed by atoms with van der Waals surface area (Å²) in [4.78, 5) is 19.1. The predicted molar refractivity (Wildman–Crippen MR) is 82.4 cm³/mol. The molecule has 0 fully saturated rings. The Morgan fingerprint density at radius 1 is 1.33 bits per heavy atom. The largest absolute Gasteiger partial charge is 0.433 e. The lowest BCUT2D eigenvalue weighted by Crippen LogP contribution is -2.23. The number of hydrogen-bond acceptors (Lipinski definition) is 4. The van der Waals surface area contributed by atoms with Crippen molar-refractivity contribution in [1.82, 2.24) is 9.97 Å². The number of halogens is 5. The minimum atomic E-state index is -4.60. The number of nitrogens with zero attached hydrogens (tertiary/aromatic N) is 2. The number of amides is 1. The standard InChI is InChI=1S/C14H10ClF4N3OS/c1-7(12(23)21-10-3-2-8(15)6-9(10)16)24-13-20-5-4-11(22-13)14(17,18)19/h2-7H,1H3,(H,21,23). The summed E-state index contributed by atoms with van der Waals surface area (Å²) in [6, 6.07) is 4.45. The number of aromatic nitrogens is 2. The molecule has 1 heterocycles. The van der Waals surface area contributed by atoms with E-state index < -0.39 is 28.8 Å². The van der Waals surface area contributed by atoms with Crippen LogP contribution in [0.15, 0.2) is 35.6 Å². The van der Waals surface area contributed by atoms with Crippen LogP contribution in [-0.2, 0) is 11.0 Å². The first kappa shape index (κ1) is 18.5. The van der Waals surface area contributed by atoms with E-state index in [4.69, 9.17) is 11.6 Å². The van der Waals surface area contributed by atoms with Gasteiger partial charge in [0, 0.05) is 11.2 Å². The normalized spacial score (nSPS) is 12.8. The lowest BCUT2D eigenvalue weighted by atomic mass is 10.3. The Morgan fingerprint density at radius 2 is 2.04 bits per heavy atom. The average molecular weight is 380 g/mol. The summed E-state index contributed by atoms with van der Waals surface area (Å²) in [6.45, 7) is 1.44. The van der Waals surface area contributed by atoms with Gasteiger partial charge in [-0.3, -0.25) is 4.79 Å². The Labute approximate surface area is 143 Å². The molecule has 1 N–H and O–H groups in total. The van der Waals surface area contributed by atoms with Crippen LogP contribution in [-0.4, -0.2) is 21.1 Å². The molecule has 1 unspecified atom stereocenters. The Bertz CT molecular complexity index is 757. The van der Waals surface area contributed by atoms with E-state index in [1.807, 2.05) is 0 Å². The van der Waals surface area contributed by atoms with E-state index in [0.29, 0.717) is 0 Å². The first-order valence-electron chi connectivity index (χ1n) is 6.49. The van der Waals surface area contributed by atoms with E-state index in [1.54, 1.807) is 0 Å². The second-order valence-corrected chi connectivity index (χ2v) is 6.34. The molecular formula is C14H10ClF4N3OS. The summed E-state index contributed by atoms with van der Waals surface area (Å²) >= 11 is 6.34. The zero-order valence-electron chi connectivity index (χ0n) is 12.1. The highest BCUT2D eigenvalue weighted by Gasteiger charge is 2.33. The fourth-order valence-corrected chi connectivity index (χ4v) is 2.51. The van der Waals surface area contributed by atoms with Crippen LogP contribution < -0.4 is 5.32 Å². The smallest absolute Gasteiger partial charge is 0.323 e. The van der Waals surface area contributed by atoms with Gasteiger partial charge in [0.1, 0.15) is 11.5 Å². The second kappa shape index (κ2) is 7.35. The minimum absolute atomic E-state index is 0.0817. The van der Waals surface area contributed by atoms with Gasteiger partial charge in [-0.1, -0.05) is 23.4 Å². The maximum atomic E-state index is 13.6. The van der Waals surface area contributed by atoms with Crippen LogP contribution in [0.5, 0.6) is 0 Å². The molecule has 0 bridgehead atoms. The summed E-state index contributed by atoms with van der Waals surface area (Å²) in [6.07, 6.45) is -3.64. The zero-order chi connectivity index (χ0) is 17.9. The van der Waals surface area contributed by atoms with Crippen LogP contribution in [0.25, 0.3) is 0 Å². The van der Waals surface area contributed by atoms with Gasteiger partial charge >= 0.3 is 6.18 Å². The number of carbonyl (C=O) groups is 1. The highest BCUT2D eigenvalue weighted by Crippen LogP contribution is 2.29. The molecular weight excluding hydrogens is 370 g/mol. The lowest BCUT2D eigenvalue weighted by Gasteiger charge is -2.12. The van der Waals surface area contributed by atoms with Crippen LogP contribution in [0.1, 0.15) is 12.6 Å². The zero-order valence-corrected chi connectivity index (χ0v) is 13.6. The molecule has 0 radical (unpaired) electrons. The van der Waals surface area contributed by atoms with Crippen molar-refractivity contribution in [1.29, 1.82) is 0 Å². The highest BCUT2D eigenvalue weighted by molar-refractivity contribution is 8.00. The number of carbonyl (C=O) groups excluding carboxylic acids is 1.